The Morgan fingerprint density at radius 1 is 1.18 bits per heavy atom. The fourth-order valence-electron chi connectivity index (χ4n) is 3.33. The fourth-order valence-corrected chi connectivity index (χ4v) is 3.33. The molecule has 2 aromatic carbocycles. The zero-order valence-corrected chi connectivity index (χ0v) is 15.8. The Labute approximate surface area is 163 Å². The Bertz CT molecular complexity index is 1290. The molecule has 0 aliphatic carbocycles. The van der Waals surface area contributed by atoms with Gasteiger partial charge < -0.3 is 9.88 Å². The van der Waals surface area contributed by atoms with E-state index < -0.39 is 0 Å². The first-order valence-electron chi connectivity index (χ1n) is 8.93. The molecule has 5 nitrogen and oxygen atoms in total. The minimum absolute atomic E-state index is 0.383. The van der Waals surface area contributed by atoms with Gasteiger partial charge in [0, 0.05) is 42.4 Å². The van der Waals surface area contributed by atoms with Gasteiger partial charge in [-0.3, -0.25) is 9.97 Å². The molecule has 0 aliphatic rings. The summed E-state index contributed by atoms with van der Waals surface area (Å²) in [7, 11) is 2.04. The average Bonchev–Trinajstić information content (AvgIpc) is 3.11. The molecule has 0 saturated heterocycles. The molecule has 2 aromatic heterocycles. The Morgan fingerprint density at radius 3 is 2.79 bits per heavy atom. The minimum atomic E-state index is 0.383. The third-order valence-electron chi connectivity index (χ3n) is 4.80. The lowest BCUT2D eigenvalue weighted by atomic mass is 10.0. The lowest BCUT2D eigenvalue weighted by molar-refractivity contribution is 0.969. The van der Waals surface area contributed by atoms with E-state index in [0.29, 0.717) is 11.3 Å². The summed E-state index contributed by atoms with van der Waals surface area (Å²) in [5.74, 6) is 0. The molecular weight excluding hydrogens is 346 g/mol. The molecule has 2 heterocycles. The molecule has 28 heavy (non-hydrogen) atoms. The summed E-state index contributed by atoms with van der Waals surface area (Å²) in [6.45, 7) is 5.67. The van der Waals surface area contributed by atoms with E-state index in [0.717, 1.165) is 33.4 Å². The third kappa shape index (κ3) is 3.01. The van der Waals surface area contributed by atoms with Crippen LogP contribution in [0.5, 0.6) is 0 Å². The van der Waals surface area contributed by atoms with Crippen molar-refractivity contribution < 1.29 is 0 Å². The summed E-state index contributed by atoms with van der Waals surface area (Å²) < 4.78 is 2.10. The monoisotopic (exact) mass is 365 g/mol. The van der Waals surface area contributed by atoms with Crippen molar-refractivity contribution in [3.8, 4) is 17.2 Å². The van der Waals surface area contributed by atoms with E-state index >= 15 is 0 Å². The van der Waals surface area contributed by atoms with Crippen LogP contribution in [0.4, 0.5) is 5.69 Å². The minimum Gasteiger partial charge on any atom is -0.355 e. The predicted octanol–water partition coefficient (Wildman–Crippen LogP) is 5.18. The van der Waals surface area contributed by atoms with Gasteiger partial charge in [-0.2, -0.15) is 5.26 Å². The van der Waals surface area contributed by atoms with Crippen molar-refractivity contribution in [1.82, 2.24) is 14.5 Å². The summed E-state index contributed by atoms with van der Waals surface area (Å²) in [5, 5.41) is 13.7. The molecule has 0 spiro atoms. The number of aromatic nitrogens is 3. The number of hydrogen-bond donors (Lipinski definition) is 1. The van der Waals surface area contributed by atoms with Gasteiger partial charge in [-0.1, -0.05) is 24.8 Å². The number of nitriles is 1. The molecular formula is C23H19N5. The molecule has 136 valence electrons. The van der Waals surface area contributed by atoms with Crippen molar-refractivity contribution >= 4 is 27.6 Å². The van der Waals surface area contributed by atoms with Gasteiger partial charge in [0.05, 0.1) is 22.3 Å². The average molecular weight is 365 g/mol. The van der Waals surface area contributed by atoms with E-state index in [1.54, 1.807) is 12.4 Å². The second-order valence-electron chi connectivity index (χ2n) is 6.57. The normalized spacial score (nSPS) is 11.5. The van der Waals surface area contributed by atoms with Crippen LogP contribution in [0.3, 0.4) is 0 Å². The summed E-state index contributed by atoms with van der Waals surface area (Å²) in [5.41, 5.74) is 6.71. The highest BCUT2D eigenvalue weighted by Gasteiger charge is 2.11. The Kier molecular flexibility index (Phi) is 4.38. The molecule has 4 aromatic rings. The van der Waals surface area contributed by atoms with Crippen molar-refractivity contribution in [2.45, 2.75) is 6.92 Å². The van der Waals surface area contributed by atoms with Crippen LogP contribution in [0.25, 0.3) is 33.1 Å². The first-order valence-corrected chi connectivity index (χ1v) is 8.93. The maximum atomic E-state index is 9.17. The summed E-state index contributed by atoms with van der Waals surface area (Å²) in [6.07, 6.45) is 7.27. The first kappa shape index (κ1) is 17.5. The van der Waals surface area contributed by atoms with Crippen LogP contribution < -0.4 is 5.32 Å². The van der Waals surface area contributed by atoms with Gasteiger partial charge in [-0.05, 0) is 42.1 Å². The highest BCUT2D eigenvalue weighted by Crippen LogP contribution is 2.32. The number of nitrogens with zero attached hydrogens (tertiary/aromatic N) is 4. The standard InChI is InChI=1S/C23H19N5/c1-4-20(15(2)14-24)27-18-12-19(23-21(13-18)25-8-9-26-23)17-6-5-16-7-10-28(3)22(16)11-17/h4-13,27H,2H2,1,3H3/b20-4+. The highest BCUT2D eigenvalue weighted by molar-refractivity contribution is 5.97. The van der Waals surface area contributed by atoms with E-state index in [1.165, 1.54) is 5.39 Å². The quantitative estimate of drug-likeness (QED) is 0.399. The van der Waals surface area contributed by atoms with E-state index in [2.05, 4.69) is 63.0 Å². The van der Waals surface area contributed by atoms with Crippen LogP contribution in [0.1, 0.15) is 6.92 Å². The van der Waals surface area contributed by atoms with Crippen LogP contribution in [0, 0.1) is 11.3 Å². The highest BCUT2D eigenvalue weighted by atomic mass is 14.9. The molecule has 0 unspecified atom stereocenters. The van der Waals surface area contributed by atoms with Crippen LogP contribution >= 0.6 is 0 Å². The number of benzene rings is 2. The van der Waals surface area contributed by atoms with Crippen LogP contribution in [0.15, 0.2) is 78.9 Å². The molecule has 0 fully saturated rings. The Balaban J connectivity index is 1.90. The van der Waals surface area contributed by atoms with Gasteiger partial charge in [0.25, 0.3) is 0 Å². The van der Waals surface area contributed by atoms with Crippen molar-refractivity contribution in [2.75, 3.05) is 5.32 Å². The van der Waals surface area contributed by atoms with Crippen molar-refractivity contribution in [3.63, 3.8) is 0 Å². The van der Waals surface area contributed by atoms with Crippen LogP contribution in [-0.2, 0) is 7.05 Å². The fraction of sp³-hybridized carbons (Fsp3) is 0.0870. The number of nitrogens with one attached hydrogen (secondary N) is 1. The van der Waals surface area contributed by atoms with Gasteiger partial charge in [0.2, 0.25) is 0 Å². The summed E-state index contributed by atoms with van der Waals surface area (Å²) in [4.78, 5) is 9.04. The van der Waals surface area contributed by atoms with Gasteiger partial charge in [0.15, 0.2) is 0 Å². The van der Waals surface area contributed by atoms with Gasteiger partial charge in [-0.25, -0.2) is 0 Å². The largest absolute Gasteiger partial charge is 0.355 e. The predicted molar refractivity (Wildman–Crippen MR) is 114 cm³/mol. The second kappa shape index (κ2) is 7.01. The van der Waals surface area contributed by atoms with E-state index in [-0.39, 0.29) is 0 Å². The van der Waals surface area contributed by atoms with Gasteiger partial charge in [0.1, 0.15) is 6.07 Å². The number of rotatable bonds is 4. The zero-order chi connectivity index (χ0) is 19.7. The SMILES string of the molecule is C=C(C#N)/C(=C\C)Nc1cc(-c2ccc3ccn(C)c3c2)c2nccnc2c1. The number of hydrogen-bond acceptors (Lipinski definition) is 4. The van der Waals surface area contributed by atoms with E-state index in [9.17, 15) is 0 Å². The molecule has 0 amide bonds. The molecule has 0 radical (unpaired) electrons. The summed E-state index contributed by atoms with van der Waals surface area (Å²) >= 11 is 0. The summed E-state index contributed by atoms with van der Waals surface area (Å²) in [6, 6.07) is 14.5. The first-order chi connectivity index (χ1) is 13.6. The molecule has 1 N–H and O–H groups in total. The number of allylic oxidation sites excluding steroid dienone is 2. The van der Waals surface area contributed by atoms with Crippen molar-refractivity contribution in [1.29, 1.82) is 5.26 Å². The topological polar surface area (TPSA) is 66.5 Å². The maximum absolute atomic E-state index is 9.17. The molecule has 0 saturated carbocycles. The number of aryl methyl sites for hydroxylation is 1. The number of anilines is 1. The zero-order valence-electron chi connectivity index (χ0n) is 15.8. The maximum Gasteiger partial charge on any atom is 0.101 e. The molecule has 0 atom stereocenters. The van der Waals surface area contributed by atoms with Crippen molar-refractivity contribution in [2.24, 2.45) is 7.05 Å². The Hall–Kier alpha value is -3.91. The lowest BCUT2D eigenvalue weighted by Gasteiger charge is -2.13. The van der Waals surface area contributed by atoms with E-state index in [1.807, 2.05) is 32.2 Å². The molecule has 5 heteroatoms. The van der Waals surface area contributed by atoms with Crippen LogP contribution in [-0.4, -0.2) is 14.5 Å². The number of fused-ring (bicyclic) bond motifs is 2. The smallest absolute Gasteiger partial charge is 0.101 e. The lowest BCUT2D eigenvalue weighted by Crippen LogP contribution is -2.02. The molecule has 0 bridgehead atoms. The Morgan fingerprint density at radius 2 is 2.00 bits per heavy atom. The second-order valence-corrected chi connectivity index (χ2v) is 6.57. The van der Waals surface area contributed by atoms with Crippen LogP contribution in [0.2, 0.25) is 0 Å². The third-order valence-corrected chi connectivity index (χ3v) is 4.80. The van der Waals surface area contributed by atoms with Gasteiger partial charge in [-0.15, -0.1) is 0 Å². The molecule has 0 aliphatic heterocycles. The molecule has 4 rings (SSSR count). The van der Waals surface area contributed by atoms with E-state index in [4.69, 9.17) is 5.26 Å². The van der Waals surface area contributed by atoms with Crippen molar-refractivity contribution in [3.05, 3.63) is 78.9 Å². The van der Waals surface area contributed by atoms with Gasteiger partial charge >= 0.3 is 0 Å².